The molecule has 0 heterocycles. The first kappa shape index (κ1) is 91.2. The van der Waals surface area contributed by atoms with Crippen molar-refractivity contribution in [3.05, 3.63) is 190 Å². The molecule has 8 rings (SSSR count). The van der Waals surface area contributed by atoms with Crippen LogP contribution in [0, 0.1) is 0 Å². The summed E-state index contributed by atoms with van der Waals surface area (Å²) in [7, 11) is 0. The molecule has 0 aliphatic heterocycles. The van der Waals surface area contributed by atoms with Crippen LogP contribution in [0.25, 0.3) is 0 Å². The van der Waals surface area contributed by atoms with Gasteiger partial charge in [0.25, 0.3) is 0 Å². The van der Waals surface area contributed by atoms with E-state index in [2.05, 4.69) is 27.7 Å². The van der Waals surface area contributed by atoms with E-state index in [0.29, 0.717) is 59.2 Å². The number of hydrogen-bond donors (Lipinski definition) is 8. The highest BCUT2D eigenvalue weighted by Crippen LogP contribution is 2.37. The minimum Gasteiger partial charge on any atom is -0.504 e. The molecule has 2 atom stereocenters. The number of phenolic OH excluding ortho intramolecular Hbond substituents is 8. The van der Waals surface area contributed by atoms with Crippen molar-refractivity contribution in [3.8, 4) is 92.0 Å². The van der Waals surface area contributed by atoms with Crippen molar-refractivity contribution in [2.24, 2.45) is 0 Å². The summed E-state index contributed by atoms with van der Waals surface area (Å²) in [5.74, 6) is 5.99. The minimum absolute atomic E-state index is 0.0351. The molecule has 0 bridgehead atoms. The molecule has 16 nitrogen and oxygen atoms in total. The van der Waals surface area contributed by atoms with E-state index in [1.165, 1.54) is 22.3 Å². The molecule has 0 saturated carbocycles. The quantitative estimate of drug-likeness (QED) is 0.0167. The zero-order valence-electron chi connectivity index (χ0n) is 69.0. The van der Waals surface area contributed by atoms with Crippen LogP contribution in [0.4, 0.5) is 0 Å². The maximum Gasteiger partial charge on any atom is 0.161 e. The molecule has 8 N–H and O–H groups in total. The number of unbranched alkanes of at least 4 members (excludes halogenated alkanes) is 6. The molecule has 0 amide bonds. The molecule has 0 saturated heterocycles. The van der Waals surface area contributed by atoms with Gasteiger partial charge in [-0.2, -0.15) is 0 Å². The Morgan fingerprint density at radius 3 is 0.645 bits per heavy atom. The lowest BCUT2D eigenvalue weighted by Crippen LogP contribution is -2.23. The number of ether oxygens (including phenoxy) is 8. The van der Waals surface area contributed by atoms with Crippen molar-refractivity contribution in [3.63, 3.8) is 0 Å². The lowest BCUT2D eigenvalue weighted by molar-refractivity contribution is 0.125. The lowest BCUT2D eigenvalue weighted by atomic mass is 10.0. The average Bonchev–Trinajstić information content (AvgIpc) is 0.829. The van der Waals surface area contributed by atoms with Gasteiger partial charge < -0.3 is 78.7 Å². The van der Waals surface area contributed by atoms with Crippen molar-refractivity contribution < 1.29 is 78.7 Å². The van der Waals surface area contributed by atoms with Gasteiger partial charge in [0.2, 0.25) is 0 Å². The molecule has 0 aliphatic carbocycles. The molecule has 110 heavy (non-hydrogen) atoms. The van der Waals surface area contributed by atoms with E-state index in [1.54, 1.807) is 48.5 Å². The summed E-state index contributed by atoms with van der Waals surface area (Å²) in [4.78, 5) is 0. The third kappa shape index (κ3) is 35.5. The Balaban J connectivity index is 0.000000263. The van der Waals surface area contributed by atoms with Crippen LogP contribution in [0.3, 0.4) is 0 Å². The number of benzene rings is 8. The fraction of sp³-hybridized carbons (Fsp3) is 0.489. The van der Waals surface area contributed by atoms with Crippen LogP contribution in [0.1, 0.15) is 245 Å². The molecule has 8 aromatic carbocycles. The van der Waals surface area contributed by atoms with E-state index in [1.807, 2.05) is 180 Å². The largest absolute Gasteiger partial charge is 0.504 e. The van der Waals surface area contributed by atoms with Gasteiger partial charge in [0.05, 0.1) is 37.6 Å². The van der Waals surface area contributed by atoms with Gasteiger partial charge in [-0.15, -0.1) is 0 Å². The Morgan fingerprint density at radius 2 is 0.445 bits per heavy atom. The summed E-state index contributed by atoms with van der Waals surface area (Å²) in [6.45, 7) is 33.2. The number of hydrogen-bond acceptors (Lipinski definition) is 16. The molecule has 2 unspecified atom stereocenters. The van der Waals surface area contributed by atoms with E-state index in [4.69, 9.17) is 37.9 Å². The van der Waals surface area contributed by atoms with Gasteiger partial charge in [-0.25, -0.2) is 0 Å². The van der Waals surface area contributed by atoms with Crippen molar-refractivity contribution >= 4 is 0 Å². The highest BCUT2D eigenvalue weighted by Gasteiger charge is 2.19. The van der Waals surface area contributed by atoms with Crippen LogP contribution in [0.5, 0.6) is 92.0 Å². The fourth-order valence-electron chi connectivity index (χ4n) is 11.5. The van der Waals surface area contributed by atoms with E-state index in [0.717, 1.165) is 164 Å². The van der Waals surface area contributed by atoms with Crippen molar-refractivity contribution in [2.75, 3.05) is 13.2 Å². The highest BCUT2D eigenvalue weighted by atomic mass is 16.5. The Hall–Kier alpha value is -9.44. The standard InChI is InChI=1S/3C24H34O4.C22H30O4/c1-23(2,3)27-21-15-17(11-13-19(21)25)9-7-8-10-18-12-14-20(26)22(16-18)28-24(4,5)6;1-5-17(3)27-23-15-19(11-13-21(23)25)9-7-8-10-20-12-14-22(26)24(16-20)28-18(4)6-2;1-3-5-15-27-23-17-19(11-13-21(23)25)9-7-8-10-20-12-14-22(26)24(18-20)28-16-6-4-2;1-15(2)25-21-13-17(9-11-19(21)23)7-5-6-8-18-10-12-20(24)22(14-18)26-16(3)4/h11-16,25-26H,7-10H2,1-6H3;11-18,25-26H,5-10H2,1-4H3;11-14,17-18,25-26H,3-10,15-16H2,1-2H3;9-16,23-24H,5-8H2,1-4H3. The van der Waals surface area contributed by atoms with Crippen molar-refractivity contribution in [1.82, 2.24) is 0 Å². The van der Waals surface area contributed by atoms with Gasteiger partial charge in [0, 0.05) is 0 Å². The summed E-state index contributed by atoms with van der Waals surface area (Å²) >= 11 is 0. The van der Waals surface area contributed by atoms with Crippen LogP contribution in [-0.4, -0.2) is 89.7 Å². The summed E-state index contributed by atoms with van der Waals surface area (Å²) < 4.78 is 45.8. The Labute approximate surface area is 658 Å². The number of rotatable bonds is 40. The molecule has 0 fully saturated rings. The predicted octanol–water partition coefficient (Wildman–Crippen LogP) is 23.3. The van der Waals surface area contributed by atoms with Crippen molar-refractivity contribution in [1.29, 1.82) is 0 Å². The fourth-order valence-corrected chi connectivity index (χ4v) is 11.5. The third-order valence-corrected chi connectivity index (χ3v) is 17.8. The molecule has 604 valence electrons. The SMILES string of the molecule is CC(C)(C)Oc1cc(CCCCc2ccc(O)c(OC(C)(C)C)c2)ccc1O.CC(C)Oc1cc(CCCCc2ccc(O)c(OC(C)C)c2)ccc1O.CCC(C)Oc1cc(CCCCc2ccc(O)c(OC(C)CC)c2)ccc1O.CCCCOc1cc(CCCCc2ccc(O)c(OCCCC)c2)ccc1O. The monoisotopic (exact) mass is 1520 g/mol. The van der Waals surface area contributed by atoms with Gasteiger partial charge in [0.15, 0.2) is 92.0 Å². The number of phenols is 8. The molecule has 8 aromatic rings. The topological polar surface area (TPSA) is 236 Å². The Morgan fingerprint density at radius 1 is 0.255 bits per heavy atom. The predicted molar refractivity (Wildman–Crippen MR) is 445 cm³/mol. The van der Waals surface area contributed by atoms with Crippen LogP contribution in [-0.2, 0) is 51.4 Å². The van der Waals surface area contributed by atoms with Crippen LogP contribution in [0.2, 0.25) is 0 Å². The maximum absolute atomic E-state index is 9.99. The van der Waals surface area contributed by atoms with Gasteiger partial charge >= 0.3 is 0 Å². The molecular formula is C94H132O16. The summed E-state index contributed by atoms with van der Waals surface area (Å²) in [5, 5.41) is 79.5. The van der Waals surface area contributed by atoms with E-state index < -0.39 is 0 Å². The van der Waals surface area contributed by atoms with Gasteiger partial charge in [-0.3, -0.25) is 0 Å². The van der Waals surface area contributed by atoms with Crippen LogP contribution in [0.15, 0.2) is 146 Å². The van der Waals surface area contributed by atoms with Gasteiger partial charge in [0.1, 0.15) is 11.2 Å². The zero-order chi connectivity index (χ0) is 80.8. The molecule has 0 radical (unpaired) electrons. The maximum atomic E-state index is 9.99. The highest BCUT2D eigenvalue weighted by molar-refractivity contribution is 5.48. The minimum atomic E-state index is -0.345. The molecular weight excluding hydrogens is 1390 g/mol. The second-order valence-corrected chi connectivity index (χ2v) is 31.1. The van der Waals surface area contributed by atoms with Gasteiger partial charge in [-0.1, -0.05) is 89.1 Å². The first-order valence-corrected chi connectivity index (χ1v) is 40.2. The lowest BCUT2D eigenvalue weighted by Gasteiger charge is -2.22. The second kappa shape index (κ2) is 47.6. The molecule has 0 aliphatic rings. The second-order valence-electron chi connectivity index (χ2n) is 31.1. The first-order valence-electron chi connectivity index (χ1n) is 40.2. The first-order chi connectivity index (χ1) is 52.3. The van der Waals surface area contributed by atoms with Crippen LogP contribution < -0.4 is 37.9 Å². The van der Waals surface area contributed by atoms with E-state index in [9.17, 15) is 40.9 Å². The zero-order valence-corrected chi connectivity index (χ0v) is 69.0. The summed E-state index contributed by atoms with van der Waals surface area (Å²) in [5.41, 5.74) is 8.63. The number of aryl methyl sites for hydroxylation is 8. The van der Waals surface area contributed by atoms with E-state index in [-0.39, 0.29) is 81.6 Å². The normalized spacial score (nSPS) is 11.8. The van der Waals surface area contributed by atoms with E-state index >= 15 is 0 Å². The summed E-state index contributed by atoms with van der Waals surface area (Å²) in [6, 6.07) is 44.8. The summed E-state index contributed by atoms with van der Waals surface area (Å²) in [6.07, 6.45) is 21.9. The van der Waals surface area contributed by atoms with Crippen LogP contribution >= 0.6 is 0 Å². The third-order valence-electron chi connectivity index (χ3n) is 17.8. The van der Waals surface area contributed by atoms with Gasteiger partial charge in [-0.05, 0) is 353 Å². The Bertz CT molecular complexity index is 3700. The number of aromatic hydroxyl groups is 8. The van der Waals surface area contributed by atoms with Crippen molar-refractivity contribution in [2.45, 2.75) is 288 Å². The molecule has 0 aromatic heterocycles. The molecule has 16 heteroatoms. The average molecular weight is 1520 g/mol. The molecule has 0 spiro atoms. The Kier molecular flexibility index (Phi) is 39.4. The smallest absolute Gasteiger partial charge is 0.161 e.